The molecular formula is C14H17ClN2O2S2. The summed E-state index contributed by atoms with van der Waals surface area (Å²) >= 11 is 7.48. The molecule has 2 rings (SSSR count). The summed E-state index contributed by atoms with van der Waals surface area (Å²) in [5.41, 5.74) is 1.22. The number of anilines is 1. The van der Waals surface area contributed by atoms with E-state index in [2.05, 4.69) is 10.0 Å². The highest BCUT2D eigenvalue weighted by atomic mass is 35.5. The molecule has 0 aliphatic rings. The van der Waals surface area contributed by atoms with Crippen LogP contribution >= 0.6 is 22.9 Å². The topological polar surface area (TPSA) is 58.2 Å². The van der Waals surface area contributed by atoms with Crippen LogP contribution in [0.2, 0.25) is 5.02 Å². The monoisotopic (exact) mass is 344 g/mol. The predicted octanol–water partition coefficient (Wildman–Crippen LogP) is 3.62. The number of hydrogen-bond donors (Lipinski definition) is 2. The number of para-hydroxylation sites is 1. The lowest BCUT2D eigenvalue weighted by Crippen LogP contribution is -2.14. The number of nitrogens with one attached hydrogen (secondary N) is 2. The highest BCUT2D eigenvalue weighted by molar-refractivity contribution is 7.92. The van der Waals surface area contributed by atoms with E-state index in [-0.39, 0.29) is 4.90 Å². The molecule has 0 aliphatic heterocycles. The molecule has 0 radical (unpaired) electrons. The van der Waals surface area contributed by atoms with Crippen molar-refractivity contribution in [3.63, 3.8) is 0 Å². The Morgan fingerprint density at radius 2 is 2.10 bits per heavy atom. The molecular weight excluding hydrogens is 328 g/mol. The van der Waals surface area contributed by atoms with Crippen molar-refractivity contribution in [1.82, 2.24) is 5.32 Å². The summed E-state index contributed by atoms with van der Waals surface area (Å²) in [4.78, 5) is 1.24. The van der Waals surface area contributed by atoms with Gasteiger partial charge in [-0.1, -0.05) is 30.7 Å². The SMILES string of the molecule is CCNCc1cc(S(=O)(=O)Nc2c(C)cccc2Cl)cs1. The van der Waals surface area contributed by atoms with E-state index < -0.39 is 10.0 Å². The summed E-state index contributed by atoms with van der Waals surface area (Å²) in [7, 11) is -3.61. The van der Waals surface area contributed by atoms with E-state index in [0.29, 0.717) is 17.3 Å². The van der Waals surface area contributed by atoms with Gasteiger partial charge in [-0.05, 0) is 31.2 Å². The number of sulfonamides is 1. The molecule has 0 spiro atoms. The van der Waals surface area contributed by atoms with Crippen molar-refractivity contribution in [3.8, 4) is 0 Å². The number of rotatable bonds is 6. The van der Waals surface area contributed by atoms with Gasteiger partial charge in [-0.25, -0.2) is 8.42 Å². The van der Waals surface area contributed by atoms with Crippen molar-refractivity contribution in [1.29, 1.82) is 0 Å². The molecule has 0 saturated heterocycles. The normalized spacial score (nSPS) is 11.6. The van der Waals surface area contributed by atoms with Crippen LogP contribution in [-0.2, 0) is 16.6 Å². The van der Waals surface area contributed by atoms with Gasteiger partial charge in [0.2, 0.25) is 0 Å². The molecule has 0 amide bonds. The van der Waals surface area contributed by atoms with Crippen LogP contribution < -0.4 is 10.0 Å². The van der Waals surface area contributed by atoms with Crippen molar-refractivity contribution >= 4 is 38.6 Å². The molecule has 0 saturated carbocycles. The first-order valence-electron chi connectivity index (χ1n) is 6.50. The third-order valence-electron chi connectivity index (χ3n) is 2.95. The van der Waals surface area contributed by atoms with E-state index >= 15 is 0 Å². The Bertz CT molecular complexity index is 706. The Morgan fingerprint density at radius 3 is 2.76 bits per heavy atom. The molecule has 2 N–H and O–H groups in total. The summed E-state index contributed by atoms with van der Waals surface area (Å²) < 4.78 is 27.4. The quantitative estimate of drug-likeness (QED) is 0.841. The lowest BCUT2D eigenvalue weighted by Gasteiger charge is -2.11. The molecule has 7 heteroatoms. The maximum atomic E-state index is 12.4. The molecule has 0 atom stereocenters. The number of halogens is 1. The average molecular weight is 345 g/mol. The van der Waals surface area contributed by atoms with Crippen LogP contribution in [0.5, 0.6) is 0 Å². The molecule has 114 valence electrons. The number of aryl methyl sites for hydroxylation is 1. The maximum absolute atomic E-state index is 12.4. The molecule has 1 aromatic carbocycles. The Balaban J connectivity index is 2.24. The summed E-state index contributed by atoms with van der Waals surface area (Å²) in [6.07, 6.45) is 0. The van der Waals surface area contributed by atoms with E-state index in [9.17, 15) is 8.42 Å². The number of benzene rings is 1. The minimum Gasteiger partial charge on any atom is -0.312 e. The largest absolute Gasteiger partial charge is 0.312 e. The first kappa shape index (κ1) is 16.3. The van der Waals surface area contributed by atoms with E-state index in [1.165, 1.54) is 11.3 Å². The average Bonchev–Trinajstić information content (AvgIpc) is 2.90. The van der Waals surface area contributed by atoms with Gasteiger partial charge in [0.15, 0.2) is 0 Å². The molecule has 21 heavy (non-hydrogen) atoms. The van der Waals surface area contributed by atoms with Crippen LogP contribution in [0.15, 0.2) is 34.5 Å². The summed E-state index contributed by atoms with van der Waals surface area (Å²) in [5, 5.41) is 5.20. The Kier molecular flexibility index (Phi) is 5.27. The highest BCUT2D eigenvalue weighted by Gasteiger charge is 2.18. The van der Waals surface area contributed by atoms with Crippen LogP contribution in [0, 0.1) is 6.92 Å². The zero-order valence-corrected chi connectivity index (χ0v) is 14.2. The number of thiophene rings is 1. The second-order valence-corrected chi connectivity index (χ2v) is 7.65. The fourth-order valence-corrected chi connectivity index (χ4v) is 4.52. The first-order valence-corrected chi connectivity index (χ1v) is 9.24. The third kappa shape index (κ3) is 3.97. The lowest BCUT2D eigenvalue weighted by atomic mass is 10.2. The molecule has 0 fully saturated rings. The van der Waals surface area contributed by atoms with Crippen LogP contribution in [0.1, 0.15) is 17.4 Å². The van der Waals surface area contributed by atoms with E-state index in [0.717, 1.165) is 17.0 Å². The maximum Gasteiger partial charge on any atom is 0.262 e. The van der Waals surface area contributed by atoms with E-state index in [1.54, 1.807) is 23.6 Å². The second-order valence-electron chi connectivity index (χ2n) is 4.57. The van der Waals surface area contributed by atoms with Gasteiger partial charge in [-0.15, -0.1) is 11.3 Å². The minimum absolute atomic E-state index is 0.264. The van der Waals surface area contributed by atoms with Gasteiger partial charge in [0.05, 0.1) is 15.6 Å². The highest BCUT2D eigenvalue weighted by Crippen LogP contribution is 2.29. The van der Waals surface area contributed by atoms with Gasteiger partial charge in [-0.2, -0.15) is 0 Å². The molecule has 1 aromatic heterocycles. The fourth-order valence-electron chi connectivity index (χ4n) is 1.80. The lowest BCUT2D eigenvalue weighted by molar-refractivity contribution is 0.601. The standard InChI is InChI=1S/C14H17ClN2O2S2/c1-3-16-8-11-7-12(9-20-11)21(18,19)17-14-10(2)5-4-6-13(14)15/h4-7,9,16-17H,3,8H2,1-2H3. The Hall–Kier alpha value is -1.08. The predicted molar refractivity (Wildman–Crippen MR) is 88.7 cm³/mol. The summed E-state index contributed by atoms with van der Waals surface area (Å²) in [6.45, 7) is 5.33. The van der Waals surface area contributed by atoms with Crippen molar-refractivity contribution in [3.05, 3.63) is 45.1 Å². The van der Waals surface area contributed by atoms with Gasteiger partial charge in [-0.3, -0.25) is 4.72 Å². The number of hydrogen-bond acceptors (Lipinski definition) is 4. The smallest absolute Gasteiger partial charge is 0.262 e. The molecule has 0 aliphatic carbocycles. The molecule has 4 nitrogen and oxygen atoms in total. The van der Waals surface area contributed by atoms with Crippen LogP contribution in [0.25, 0.3) is 0 Å². The van der Waals surface area contributed by atoms with Crippen molar-refractivity contribution in [2.75, 3.05) is 11.3 Å². The third-order valence-corrected chi connectivity index (χ3v) is 5.68. The van der Waals surface area contributed by atoms with E-state index in [4.69, 9.17) is 11.6 Å². The van der Waals surface area contributed by atoms with Gasteiger partial charge in [0.1, 0.15) is 0 Å². The molecule has 0 unspecified atom stereocenters. The zero-order chi connectivity index (χ0) is 15.5. The Morgan fingerprint density at radius 1 is 1.33 bits per heavy atom. The van der Waals surface area contributed by atoms with E-state index in [1.807, 2.05) is 19.9 Å². The van der Waals surface area contributed by atoms with Crippen molar-refractivity contribution < 1.29 is 8.42 Å². The van der Waals surface area contributed by atoms with Crippen molar-refractivity contribution in [2.24, 2.45) is 0 Å². The van der Waals surface area contributed by atoms with Gasteiger partial charge in [0, 0.05) is 16.8 Å². The molecule has 2 aromatic rings. The summed E-state index contributed by atoms with van der Waals surface area (Å²) in [5.74, 6) is 0. The zero-order valence-electron chi connectivity index (χ0n) is 11.8. The van der Waals surface area contributed by atoms with Gasteiger partial charge < -0.3 is 5.32 Å². The molecule has 0 bridgehead atoms. The van der Waals surface area contributed by atoms with Crippen LogP contribution in [0.3, 0.4) is 0 Å². The minimum atomic E-state index is -3.61. The first-order chi connectivity index (χ1) is 9.94. The van der Waals surface area contributed by atoms with Gasteiger partial charge >= 0.3 is 0 Å². The second kappa shape index (κ2) is 6.79. The van der Waals surface area contributed by atoms with Crippen LogP contribution in [-0.4, -0.2) is 15.0 Å². The van der Waals surface area contributed by atoms with Crippen LogP contribution in [0.4, 0.5) is 5.69 Å². The molecule has 1 heterocycles. The fraction of sp³-hybridized carbons (Fsp3) is 0.286. The van der Waals surface area contributed by atoms with Gasteiger partial charge in [0.25, 0.3) is 10.0 Å². The summed E-state index contributed by atoms with van der Waals surface area (Å²) in [6, 6.07) is 6.95. The Labute approximate surface area is 134 Å². The van der Waals surface area contributed by atoms with Crippen molar-refractivity contribution in [2.45, 2.75) is 25.3 Å².